The van der Waals surface area contributed by atoms with Crippen LogP contribution in [0.25, 0.3) is 0 Å². The highest BCUT2D eigenvalue weighted by molar-refractivity contribution is 5.94. The standard InChI is InChI=1S/C16H24N2O2/c1-4-8-20-12-7-5-6-11(9-12)15(19)18-14-10-13(17)16(14,2)3/h5-7,9,13-14H,4,8,10,17H2,1-3H3,(H,18,19). The minimum atomic E-state index is -0.0584. The molecule has 0 bridgehead atoms. The van der Waals surface area contributed by atoms with Gasteiger partial charge >= 0.3 is 0 Å². The predicted octanol–water partition coefficient (Wildman–Crippen LogP) is 2.33. The van der Waals surface area contributed by atoms with Crippen molar-refractivity contribution in [1.29, 1.82) is 0 Å². The molecule has 110 valence electrons. The Kier molecular flexibility index (Phi) is 4.33. The molecule has 0 radical (unpaired) electrons. The molecule has 4 nitrogen and oxygen atoms in total. The summed E-state index contributed by atoms with van der Waals surface area (Å²) < 4.78 is 5.55. The number of carbonyl (C=O) groups is 1. The number of amides is 1. The normalized spacial score (nSPS) is 23.8. The second-order valence-corrected chi connectivity index (χ2v) is 6.07. The van der Waals surface area contributed by atoms with E-state index in [9.17, 15) is 4.79 Å². The van der Waals surface area contributed by atoms with E-state index in [-0.39, 0.29) is 23.4 Å². The number of hydrogen-bond donors (Lipinski definition) is 2. The maximum atomic E-state index is 12.3. The van der Waals surface area contributed by atoms with Gasteiger partial charge in [0.05, 0.1) is 6.61 Å². The van der Waals surface area contributed by atoms with Gasteiger partial charge in [-0.3, -0.25) is 4.79 Å². The molecule has 0 heterocycles. The minimum absolute atomic E-state index is 0.0357. The van der Waals surface area contributed by atoms with E-state index >= 15 is 0 Å². The van der Waals surface area contributed by atoms with Crippen LogP contribution in [0.5, 0.6) is 5.75 Å². The summed E-state index contributed by atoms with van der Waals surface area (Å²) in [6.45, 7) is 6.90. The topological polar surface area (TPSA) is 64.3 Å². The van der Waals surface area contributed by atoms with Crippen molar-refractivity contribution < 1.29 is 9.53 Å². The SMILES string of the molecule is CCCOc1cccc(C(=O)NC2CC(N)C2(C)C)c1. The Labute approximate surface area is 120 Å². The van der Waals surface area contributed by atoms with E-state index in [2.05, 4.69) is 26.1 Å². The van der Waals surface area contributed by atoms with Crippen LogP contribution in [0.2, 0.25) is 0 Å². The molecule has 1 aromatic rings. The number of nitrogens with one attached hydrogen (secondary N) is 1. The van der Waals surface area contributed by atoms with Crippen molar-refractivity contribution in [3.8, 4) is 5.75 Å². The first-order valence-corrected chi connectivity index (χ1v) is 7.24. The Morgan fingerprint density at radius 2 is 2.25 bits per heavy atom. The first kappa shape index (κ1) is 14.9. The van der Waals surface area contributed by atoms with Crippen molar-refractivity contribution in [3.63, 3.8) is 0 Å². The van der Waals surface area contributed by atoms with E-state index in [1.807, 2.05) is 12.1 Å². The van der Waals surface area contributed by atoms with Gasteiger partial charge < -0.3 is 15.8 Å². The zero-order valence-corrected chi connectivity index (χ0v) is 12.5. The fourth-order valence-corrected chi connectivity index (χ4v) is 2.39. The molecule has 0 aromatic heterocycles. The van der Waals surface area contributed by atoms with Crippen molar-refractivity contribution >= 4 is 5.91 Å². The van der Waals surface area contributed by atoms with E-state index < -0.39 is 0 Å². The minimum Gasteiger partial charge on any atom is -0.494 e. The van der Waals surface area contributed by atoms with Crippen molar-refractivity contribution in [3.05, 3.63) is 29.8 Å². The van der Waals surface area contributed by atoms with Gasteiger partial charge in [0, 0.05) is 23.1 Å². The van der Waals surface area contributed by atoms with Crippen LogP contribution >= 0.6 is 0 Å². The number of nitrogens with two attached hydrogens (primary N) is 1. The van der Waals surface area contributed by atoms with Crippen LogP contribution in [0.1, 0.15) is 44.0 Å². The molecule has 1 saturated carbocycles. The molecule has 1 fully saturated rings. The van der Waals surface area contributed by atoms with E-state index in [1.165, 1.54) is 0 Å². The Morgan fingerprint density at radius 3 is 2.85 bits per heavy atom. The smallest absolute Gasteiger partial charge is 0.251 e. The summed E-state index contributed by atoms with van der Waals surface area (Å²) in [5.41, 5.74) is 6.57. The van der Waals surface area contributed by atoms with Crippen LogP contribution in [0, 0.1) is 5.41 Å². The number of rotatable bonds is 5. The van der Waals surface area contributed by atoms with Crippen LogP contribution in [0.3, 0.4) is 0 Å². The van der Waals surface area contributed by atoms with Gasteiger partial charge in [-0.1, -0.05) is 26.8 Å². The fourth-order valence-electron chi connectivity index (χ4n) is 2.39. The average Bonchev–Trinajstić information content (AvgIpc) is 2.45. The molecule has 3 N–H and O–H groups in total. The third kappa shape index (κ3) is 2.96. The number of hydrogen-bond acceptors (Lipinski definition) is 3. The van der Waals surface area contributed by atoms with Gasteiger partial charge in [-0.25, -0.2) is 0 Å². The highest BCUT2D eigenvalue weighted by Gasteiger charge is 2.46. The van der Waals surface area contributed by atoms with E-state index in [1.54, 1.807) is 12.1 Å². The van der Waals surface area contributed by atoms with Gasteiger partial charge in [0.15, 0.2) is 0 Å². The second kappa shape index (κ2) is 5.83. The van der Waals surface area contributed by atoms with Crippen molar-refractivity contribution in [2.75, 3.05) is 6.61 Å². The molecule has 2 atom stereocenters. The lowest BCUT2D eigenvalue weighted by atomic mass is 9.63. The highest BCUT2D eigenvalue weighted by Crippen LogP contribution is 2.39. The third-order valence-electron chi connectivity index (χ3n) is 4.22. The van der Waals surface area contributed by atoms with Gasteiger partial charge in [-0.05, 0) is 31.0 Å². The summed E-state index contributed by atoms with van der Waals surface area (Å²) >= 11 is 0. The van der Waals surface area contributed by atoms with Gasteiger partial charge in [-0.2, -0.15) is 0 Å². The molecule has 1 amide bonds. The summed E-state index contributed by atoms with van der Waals surface area (Å²) in [4.78, 5) is 12.3. The molecule has 2 unspecified atom stereocenters. The molecular formula is C16H24N2O2. The second-order valence-electron chi connectivity index (χ2n) is 6.07. The molecule has 1 aromatic carbocycles. The third-order valence-corrected chi connectivity index (χ3v) is 4.22. The summed E-state index contributed by atoms with van der Waals surface area (Å²) in [5, 5.41) is 3.06. The molecule has 20 heavy (non-hydrogen) atoms. The highest BCUT2D eigenvalue weighted by atomic mass is 16.5. The van der Waals surface area contributed by atoms with Crippen molar-refractivity contribution in [2.24, 2.45) is 11.1 Å². The molecule has 0 aliphatic heterocycles. The number of carbonyl (C=O) groups excluding carboxylic acids is 1. The van der Waals surface area contributed by atoms with Crippen LogP contribution in [0.15, 0.2) is 24.3 Å². The number of ether oxygens (including phenoxy) is 1. The largest absolute Gasteiger partial charge is 0.494 e. The maximum absolute atomic E-state index is 12.3. The van der Waals surface area contributed by atoms with Gasteiger partial charge in [0.2, 0.25) is 0 Å². The molecule has 0 saturated heterocycles. The lowest BCUT2D eigenvalue weighted by molar-refractivity contribution is 0.0586. The molecular weight excluding hydrogens is 252 g/mol. The molecule has 2 rings (SSSR count). The summed E-state index contributed by atoms with van der Waals surface area (Å²) in [6, 6.07) is 7.61. The lowest BCUT2D eigenvalue weighted by Crippen LogP contribution is -2.64. The van der Waals surface area contributed by atoms with Gasteiger partial charge in [-0.15, -0.1) is 0 Å². The molecule has 1 aliphatic carbocycles. The summed E-state index contributed by atoms with van der Waals surface area (Å²) in [7, 11) is 0. The van der Waals surface area contributed by atoms with Gasteiger partial charge in [0.1, 0.15) is 5.75 Å². The quantitative estimate of drug-likeness (QED) is 0.867. The van der Waals surface area contributed by atoms with Crippen LogP contribution < -0.4 is 15.8 Å². The van der Waals surface area contributed by atoms with Crippen LogP contribution in [0.4, 0.5) is 0 Å². The van der Waals surface area contributed by atoms with Crippen molar-refractivity contribution in [2.45, 2.75) is 45.7 Å². The molecule has 0 spiro atoms. The average molecular weight is 276 g/mol. The van der Waals surface area contributed by atoms with E-state index in [0.29, 0.717) is 12.2 Å². The molecule has 1 aliphatic rings. The van der Waals surface area contributed by atoms with Gasteiger partial charge in [0.25, 0.3) is 5.91 Å². The molecule has 4 heteroatoms. The summed E-state index contributed by atoms with van der Waals surface area (Å²) in [5.74, 6) is 0.681. The lowest BCUT2D eigenvalue weighted by Gasteiger charge is -2.50. The van der Waals surface area contributed by atoms with E-state index in [4.69, 9.17) is 10.5 Å². The van der Waals surface area contributed by atoms with E-state index in [0.717, 1.165) is 18.6 Å². The Morgan fingerprint density at radius 1 is 1.50 bits per heavy atom. The van der Waals surface area contributed by atoms with Crippen LogP contribution in [-0.2, 0) is 0 Å². The van der Waals surface area contributed by atoms with Crippen molar-refractivity contribution in [1.82, 2.24) is 5.32 Å². The Hall–Kier alpha value is -1.55. The maximum Gasteiger partial charge on any atom is 0.251 e. The van der Waals surface area contributed by atoms with Crippen LogP contribution in [-0.4, -0.2) is 24.6 Å². The first-order chi connectivity index (χ1) is 9.45. The first-order valence-electron chi connectivity index (χ1n) is 7.24. The Balaban J connectivity index is 1.99. The predicted molar refractivity (Wildman–Crippen MR) is 79.9 cm³/mol. The Bertz CT molecular complexity index is 485. The monoisotopic (exact) mass is 276 g/mol. The summed E-state index contributed by atoms with van der Waals surface area (Å²) in [6.07, 6.45) is 1.79. The zero-order chi connectivity index (χ0) is 14.8. The fraction of sp³-hybridized carbons (Fsp3) is 0.562. The zero-order valence-electron chi connectivity index (χ0n) is 12.5. The number of benzene rings is 1.